The van der Waals surface area contributed by atoms with Crippen LogP contribution in [0, 0.1) is 0 Å². The van der Waals surface area contributed by atoms with E-state index in [9.17, 15) is 0 Å². The van der Waals surface area contributed by atoms with E-state index in [2.05, 4.69) is 48.1 Å². The molecular formula is C15H15N3. The molecule has 2 aromatic carbocycles. The summed E-state index contributed by atoms with van der Waals surface area (Å²) in [6.45, 7) is 4.14. The Morgan fingerprint density at radius 3 is 2.33 bits per heavy atom. The summed E-state index contributed by atoms with van der Waals surface area (Å²) in [5.74, 6) is 1.65. The van der Waals surface area contributed by atoms with Crippen LogP contribution in [-0.4, -0.2) is 9.97 Å². The minimum Gasteiger partial charge on any atom is -0.383 e. The number of benzene rings is 2. The first kappa shape index (κ1) is 11.0. The van der Waals surface area contributed by atoms with Gasteiger partial charge in [0.05, 0.1) is 5.52 Å². The zero-order valence-electron chi connectivity index (χ0n) is 10.5. The molecule has 0 spiro atoms. The lowest BCUT2D eigenvalue weighted by Gasteiger charge is -2.08. The van der Waals surface area contributed by atoms with Gasteiger partial charge in [0.25, 0.3) is 0 Å². The maximum Gasteiger partial charge on any atom is 0.135 e. The fourth-order valence-electron chi connectivity index (χ4n) is 2.12. The van der Waals surface area contributed by atoms with Crippen LogP contribution in [0.4, 0.5) is 5.82 Å². The van der Waals surface area contributed by atoms with Gasteiger partial charge in [-0.05, 0) is 22.9 Å². The lowest BCUT2D eigenvalue weighted by molar-refractivity contribution is 0.785. The van der Waals surface area contributed by atoms with E-state index >= 15 is 0 Å². The Hall–Kier alpha value is -2.16. The van der Waals surface area contributed by atoms with Crippen molar-refractivity contribution in [3.63, 3.8) is 0 Å². The molecule has 90 valence electrons. The Morgan fingerprint density at radius 2 is 1.67 bits per heavy atom. The van der Waals surface area contributed by atoms with Gasteiger partial charge in [-0.3, -0.25) is 0 Å². The number of hydrogen-bond acceptors (Lipinski definition) is 3. The Kier molecular flexibility index (Phi) is 2.40. The number of nitrogens with two attached hydrogens (primary N) is 1. The van der Waals surface area contributed by atoms with Crippen molar-refractivity contribution in [3.05, 3.63) is 42.2 Å². The molecule has 1 aromatic heterocycles. The second-order valence-corrected chi connectivity index (χ2v) is 4.84. The molecule has 3 aromatic rings. The van der Waals surface area contributed by atoms with E-state index in [0.717, 1.165) is 22.1 Å². The van der Waals surface area contributed by atoms with Crippen LogP contribution in [0.3, 0.4) is 0 Å². The quantitative estimate of drug-likeness (QED) is 0.659. The predicted octanol–water partition coefficient (Wildman–Crippen LogP) is 3.49. The molecular weight excluding hydrogens is 222 g/mol. The molecule has 0 saturated heterocycles. The van der Waals surface area contributed by atoms with Crippen LogP contribution in [0.15, 0.2) is 36.4 Å². The topological polar surface area (TPSA) is 51.8 Å². The molecule has 0 amide bonds. The van der Waals surface area contributed by atoms with Crippen LogP contribution in [-0.2, 0) is 0 Å². The van der Waals surface area contributed by atoms with Gasteiger partial charge in [-0.2, -0.15) is 0 Å². The van der Waals surface area contributed by atoms with Crippen LogP contribution in [0.2, 0.25) is 0 Å². The average Bonchev–Trinajstić information content (AvgIpc) is 2.36. The molecule has 0 fully saturated rings. The molecule has 3 nitrogen and oxygen atoms in total. The summed E-state index contributed by atoms with van der Waals surface area (Å²) >= 11 is 0. The number of nitrogens with zero attached hydrogens (tertiary/aromatic N) is 2. The van der Waals surface area contributed by atoms with Gasteiger partial charge < -0.3 is 5.73 Å². The van der Waals surface area contributed by atoms with Gasteiger partial charge in [-0.15, -0.1) is 0 Å². The Balaban J connectivity index is 2.39. The summed E-state index contributed by atoms with van der Waals surface area (Å²) in [4.78, 5) is 8.97. The molecule has 0 saturated carbocycles. The summed E-state index contributed by atoms with van der Waals surface area (Å²) < 4.78 is 0. The Bertz CT molecular complexity index is 732. The van der Waals surface area contributed by atoms with Crippen molar-refractivity contribution in [2.24, 2.45) is 0 Å². The predicted molar refractivity (Wildman–Crippen MR) is 75.5 cm³/mol. The van der Waals surface area contributed by atoms with Crippen molar-refractivity contribution >= 4 is 27.5 Å². The van der Waals surface area contributed by atoms with E-state index in [4.69, 9.17) is 5.73 Å². The summed E-state index contributed by atoms with van der Waals surface area (Å²) in [7, 11) is 0. The molecule has 18 heavy (non-hydrogen) atoms. The smallest absolute Gasteiger partial charge is 0.135 e. The lowest BCUT2D eigenvalue weighted by atomic mass is 10.1. The molecule has 3 heteroatoms. The number of anilines is 1. The van der Waals surface area contributed by atoms with Gasteiger partial charge in [0.15, 0.2) is 0 Å². The Labute approximate surface area is 106 Å². The van der Waals surface area contributed by atoms with Crippen molar-refractivity contribution in [3.8, 4) is 0 Å². The van der Waals surface area contributed by atoms with Crippen LogP contribution in [0.25, 0.3) is 21.7 Å². The van der Waals surface area contributed by atoms with Crippen molar-refractivity contribution in [2.45, 2.75) is 19.8 Å². The van der Waals surface area contributed by atoms with Crippen LogP contribution >= 0.6 is 0 Å². The zero-order valence-corrected chi connectivity index (χ0v) is 10.5. The van der Waals surface area contributed by atoms with Gasteiger partial charge >= 0.3 is 0 Å². The van der Waals surface area contributed by atoms with E-state index in [-0.39, 0.29) is 5.92 Å². The molecule has 0 bridgehead atoms. The third-order valence-corrected chi connectivity index (χ3v) is 3.13. The average molecular weight is 237 g/mol. The minimum absolute atomic E-state index is 0.281. The van der Waals surface area contributed by atoms with E-state index in [1.54, 1.807) is 0 Å². The highest BCUT2D eigenvalue weighted by molar-refractivity contribution is 6.00. The first-order valence-corrected chi connectivity index (χ1v) is 6.11. The zero-order chi connectivity index (χ0) is 12.7. The minimum atomic E-state index is 0.281. The summed E-state index contributed by atoms with van der Waals surface area (Å²) in [5.41, 5.74) is 6.96. The highest BCUT2D eigenvalue weighted by atomic mass is 14.9. The van der Waals surface area contributed by atoms with Crippen LogP contribution in [0.1, 0.15) is 25.6 Å². The molecule has 0 aliphatic rings. The van der Waals surface area contributed by atoms with Gasteiger partial charge in [0.1, 0.15) is 11.6 Å². The standard InChI is InChI=1S/C15H15N3/c1-9(2)15-17-13-8-11-6-4-3-5-10(11)7-12(13)14(16)18-15/h3-9H,1-2H3,(H2,16,17,18). The van der Waals surface area contributed by atoms with E-state index in [1.807, 2.05) is 12.1 Å². The van der Waals surface area contributed by atoms with Crippen LogP contribution in [0.5, 0.6) is 0 Å². The highest BCUT2D eigenvalue weighted by Crippen LogP contribution is 2.26. The second kappa shape index (κ2) is 3.95. The molecule has 3 rings (SSSR count). The van der Waals surface area contributed by atoms with Gasteiger partial charge in [0, 0.05) is 11.3 Å². The summed E-state index contributed by atoms with van der Waals surface area (Å²) in [6, 6.07) is 12.3. The molecule has 1 heterocycles. The van der Waals surface area contributed by atoms with Crippen molar-refractivity contribution in [2.75, 3.05) is 5.73 Å². The molecule has 2 N–H and O–H groups in total. The number of rotatable bonds is 1. The molecule has 0 aliphatic heterocycles. The van der Waals surface area contributed by atoms with Crippen molar-refractivity contribution < 1.29 is 0 Å². The number of nitrogen functional groups attached to an aromatic ring is 1. The molecule has 0 aliphatic carbocycles. The largest absolute Gasteiger partial charge is 0.383 e. The SMILES string of the molecule is CC(C)c1nc(N)c2cc3ccccc3cc2n1. The van der Waals surface area contributed by atoms with Crippen molar-refractivity contribution in [1.82, 2.24) is 9.97 Å². The monoisotopic (exact) mass is 237 g/mol. The second-order valence-electron chi connectivity index (χ2n) is 4.84. The normalized spacial score (nSPS) is 11.5. The molecule has 0 atom stereocenters. The van der Waals surface area contributed by atoms with Gasteiger partial charge in [-0.1, -0.05) is 38.1 Å². The van der Waals surface area contributed by atoms with Crippen molar-refractivity contribution in [1.29, 1.82) is 0 Å². The first-order chi connectivity index (χ1) is 8.65. The number of aromatic nitrogens is 2. The maximum absolute atomic E-state index is 6.03. The lowest BCUT2D eigenvalue weighted by Crippen LogP contribution is -2.02. The number of hydrogen-bond donors (Lipinski definition) is 1. The van der Waals surface area contributed by atoms with Gasteiger partial charge in [0.2, 0.25) is 0 Å². The molecule has 0 radical (unpaired) electrons. The van der Waals surface area contributed by atoms with E-state index in [0.29, 0.717) is 5.82 Å². The highest BCUT2D eigenvalue weighted by Gasteiger charge is 2.09. The van der Waals surface area contributed by atoms with E-state index in [1.165, 1.54) is 5.39 Å². The summed E-state index contributed by atoms with van der Waals surface area (Å²) in [5, 5.41) is 3.27. The first-order valence-electron chi connectivity index (χ1n) is 6.11. The number of fused-ring (bicyclic) bond motifs is 2. The Morgan fingerprint density at radius 1 is 1.00 bits per heavy atom. The van der Waals surface area contributed by atoms with Gasteiger partial charge in [-0.25, -0.2) is 9.97 Å². The molecule has 0 unspecified atom stereocenters. The fourth-order valence-corrected chi connectivity index (χ4v) is 2.12. The van der Waals surface area contributed by atoms with Crippen LogP contribution < -0.4 is 5.73 Å². The van der Waals surface area contributed by atoms with E-state index < -0.39 is 0 Å². The summed E-state index contributed by atoms with van der Waals surface area (Å²) in [6.07, 6.45) is 0. The maximum atomic E-state index is 6.03. The third-order valence-electron chi connectivity index (χ3n) is 3.13. The third kappa shape index (κ3) is 1.68. The fraction of sp³-hybridized carbons (Fsp3) is 0.200.